The quantitative estimate of drug-likeness (QED) is 0.741. The highest BCUT2D eigenvalue weighted by Gasteiger charge is 2.16. The van der Waals surface area contributed by atoms with Crippen LogP contribution in [0.25, 0.3) is 0 Å². The number of nitrogens with one attached hydrogen (secondary N) is 1. The number of hydrogen-bond acceptors (Lipinski definition) is 3. The molecule has 1 aliphatic carbocycles. The van der Waals surface area contributed by atoms with E-state index in [1.54, 1.807) is 18.2 Å². The summed E-state index contributed by atoms with van der Waals surface area (Å²) in [5, 5.41) is 3.38. The fourth-order valence-electron chi connectivity index (χ4n) is 2.79. The van der Waals surface area contributed by atoms with Gasteiger partial charge in [-0.05, 0) is 30.5 Å². The Morgan fingerprint density at radius 2 is 1.87 bits per heavy atom. The van der Waals surface area contributed by atoms with E-state index in [2.05, 4.69) is 5.32 Å². The average molecular weight is 358 g/mol. The van der Waals surface area contributed by atoms with E-state index in [0.29, 0.717) is 28.1 Å². The van der Waals surface area contributed by atoms with E-state index < -0.39 is 5.91 Å². The van der Waals surface area contributed by atoms with Gasteiger partial charge in [0, 0.05) is 12.1 Å². The second-order valence-corrected chi connectivity index (χ2v) is 6.69. The van der Waals surface area contributed by atoms with Crippen LogP contribution in [0.4, 0.5) is 5.69 Å². The van der Waals surface area contributed by atoms with Gasteiger partial charge >= 0.3 is 5.97 Å². The molecule has 1 saturated carbocycles. The third-order valence-corrected chi connectivity index (χ3v) is 4.79. The summed E-state index contributed by atoms with van der Waals surface area (Å²) in [6.45, 7) is -0.288. The Morgan fingerprint density at radius 1 is 1.13 bits per heavy atom. The van der Waals surface area contributed by atoms with Crippen molar-refractivity contribution in [1.82, 2.24) is 0 Å². The SMILES string of the molecule is O=C(COC(=O)CCC1CCCCC1)Nc1ccc(Cl)c(Cl)c1. The number of ether oxygens (including phenoxy) is 1. The molecule has 0 aliphatic heterocycles. The number of hydrogen-bond donors (Lipinski definition) is 1. The average Bonchev–Trinajstić information content (AvgIpc) is 2.55. The maximum absolute atomic E-state index is 11.8. The Kier molecular flexibility index (Phi) is 7.18. The minimum absolute atomic E-state index is 0.288. The summed E-state index contributed by atoms with van der Waals surface area (Å²) >= 11 is 11.7. The van der Waals surface area contributed by atoms with Gasteiger partial charge in [0.15, 0.2) is 6.61 Å². The van der Waals surface area contributed by atoms with Crippen molar-refractivity contribution in [2.75, 3.05) is 11.9 Å². The van der Waals surface area contributed by atoms with Gasteiger partial charge in [-0.15, -0.1) is 0 Å². The first kappa shape index (κ1) is 18.1. The van der Waals surface area contributed by atoms with Gasteiger partial charge in [0.2, 0.25) is 0 Å². The lowest BCUT2D eigenvalue weighted by atomic mass is 9.86. The lowest BCUT2D eigenvalue weighted by molar-refractivity contribution is -0.147. The third kappa shape index (κ3) is 6.40. The van der Waals surface area contributed by atoms with Gasteiger partial charge < -0.3 is 10.1 Å². The van der Waals surface area contributed by atoms with Crippen molar-refractivity contribution in [3.05, 3.63) is 28.2 Å². The zero-order valence-corrected chi connectivity index (χ0v) is 14.5. The molecule has 0 spiro atoms. The molecule has 1 aromatic rings. The molecule has 1 N–H and O–H groups in total. The summed E-state index contributed by atoms with van der Waals surface area (Å²) in [6, 6.07) is 4.78. The maximum atomic E-state index is 11.8. The number of rotatable bonds is 6. The Bertz CT molecular complexity index is 557. The summed E-state index contributed by atoms with van der Waals surface area (Å²) in [5.74, 6) is -0.0874. The summed E-state index contributed by atoms with van der Waals surface area (Å²) in [5.41, 5.74) is 0.516. The molecule has 0 aromatic heterocycles. The predicted octanol–water partition coefficient (Wildman–Crippen LogP) is 4.84. The van der Waals surface area contributed by atoms with Gasteiger partial charge in [0.1, 0.15) is 0 Å². The van der Waals surface area contributed by atoms with Gasteiger partial charge in [-0.25, -0.2) is 0 Å². The first-order valence-corrected chi connectivity index (χ1v) is 8.70. The van der Waals surface area contributed by atoms with Crippen LogP contribution in [0.2, 0.25) is 10.0 Å². The zero-order valence-electron chi connectivity index (χ0n) is 12.9. The Balaban J connectivity index is 1.66. The lowest BCUT2D eigenvalue weighted by Crippen LogP contribution is -2.21. The molecule has 0 atom stereocenters. The number of carbonyl (C=O) groups excluding carboxylic acids is 2. The minimum Gasteiger partial charge on any atom is -0.456 e. The standard InChI is InChI=1S/C17H21Cl2NO3/c18-14-8-7-13(10-15(14)19)20-16(21)11-23-17(22)9-6-12-4-2-1-3-5-12/h7-8,10,12H,1-6,9,11H2,(H,20,21). The molecule has 1 aromatic carbocycles. The number of amides is 1. The van der Waals surface area contributed by atoms with E-state index in [0.717, 1.165) is 6.42 Å². The Hall–Kier alpha value is -1.26. The second-order valence-electron chi connectivity index (χ2n) is 5.88. The molecule has 4 nitrogen and oxygen atoms in total. The number of esters is 1. The molecule has 6 heteroatoms. The normalized spacial score (nSPS) is 15.2. The first-order chi connectivity index (χ1) is 11.0. The van der Waals surface area contributed by atoms with Crippen molar-refractivity contribution in [2.24, 2.45) is 5.92 Å². The Labute approximate surface area is 146 Å². The van der Waals surface area contributed by atoms with Crippen LogP contribution in [0.3, 0.4) is 0 Å². The first-order valence-electron chi connectivity index (χ1n) is 7.95. The molecule has 1 aliphatic rings. The van der Waals surface area contributed by atoms with Crippen molar-refractivity contribution in [2.45, 2.75) is 44.9 Å². The third-order valence-electron chi connectivity index (χ3n) is 4.05. The van der Waals surface area contributed by atoms with E-state index in [-0.39, 0.29) is 12.6 Å². The van der Waals surface area contributed by atoms with Crippen molar-refractivity contribution < 1.29 is 14.3 Å². The van der Waals surface area contributed by atoms with Crippen LogP contribution in [0.15, 0.2) is 18.2 Å². The molecule has 0 bridgehead atoms. The number of anilines is 1. The van der Waals surface area contributed by atoms with Crippen LogP contribution in [0.5, 0.6) is 0 Å². The van der Waals surface area contributed by atoms with E-state index >= 15 is 0 Å². The largest absolute Gasteiger partial charge is 0.456 e. The minimum atomic E-state index is -0.394. The van der Waals surface area contributed by atoms with Crippen LogP contribution in [-0.2, 0) is 14.3 Å². The number of halogens is 2. The van der Waals surface area contributed by atoms with E-state index in [4.69, 9.17) is 27.9 Å². The highest BCUT2D eigenvalue weighted by Crippen LogP contribution is 2.27. The van der Waals surface area contributed by atoms with Crippen molar-refractivity contribution in [1.29, 1.82) is 0 Å². The molecule has 0 saturated heterocycles. The van der Waals surface area contributed by atoms with Crippen LogP contribution in [0.1, 0.15) is 44.9 Å². The molecule has 0 unspecified atom stereocenters. The van der Waals surface area contributed by atoms with Gasteiger partial charge in [-0.3, -0.25) is 9.59 Å². The highest BCUT2D eigenvalue weighted by molar-refractivity contribution is 6.42. The molecule has 2 rings (SSSR count). The highest BCUT2D eigenvalue weighted by atomic mass is 35.5. The fraction of sp³-hybridized carbons (Fsp3) is 0.529. The van der Waals surface area contributed by atoms with Crippen LogP contribution in [-0.4, -0.2) is 18.5 Å². The van der Waals surface area contributed by atoms with Gasteiger partial charge in [-0.2, -0.15) is 0 Å². The number of carbonyl (C=O) groups is 2. The van der Waals surface area contributed by atoms with E-state index in [1.165, 1.54) is 32.1 Å². The van der Waals surface area contributed by atoms with Gasteiger partial charge in [0.05, 0.1) is 10.0 Å². The fourth-order valence-corrected chi connectivity index (χ4v) is 3.09. The molecular weight excluding hydrogens is 337 g/mol. The maximum Gasteiger partial charge on any atom is 0.306 e. The molecule has 1 amide bonds. The zero-order chi connectivity index (χ0) is 16.7. The van der Waals surface area contributed by atoms with Crippen molar-refractivity contribution >= 4 is 40.8 Å². The smallest absolute Gasteiger partial charge is 0.306 e. The summed E-state index contributed by atoms with van der Waals surface area (Å²) in [6.07, 6.45) is 7.45. The van der Waals surface area contributed by atoms with Gasteiger partial charge in [-0.1, -0.05) is 55.3 Å². The van der Waals surface area contributed by atoms with Crippen LogP contribution < -0.4 is 5.32 Å². The van der Waals surface area contributed by atoms with Crippen molar-refractivity contribution in [3.8, 4) is 0 Å². The summed E-state index contributed by atoms with van der Waals surface area (Å²) in [7, 11) is 0. The van der Waals surface area contributed by atoms with Gasteiger partial charge in [0.25, 0.3) is 5.91 Å². The summed E-state index contributed by atoms with van der Waals surface area (Å²) < 4.78 is 5.01. The molecule has 126 valence electrons. The monoisotopic (exact) mass is 357 g/mol. The molecule has 23 heavy (non-hydrogen) atoms. The summed E-state index contributed by atoms with van der Waals surface area (Å²) in [4.78, 5) is 23.5. The second kappa shape index (κ2) is 9.14. The molecule has 0 heterocycles. The predicted molar refractivity (Wildman–Crippen MR) is 91.9 cm³/mol. The molecular formula is C17H21Cl2NO3. The van der Waals surface area contributed by atoms with E-state index in [9.17, 15) is 9.59 Å². The van der Waals surface area contributed by atoms with Crippen molar-refractivity contribution in [3.63, 3.8) is 0 Å². The van der Waals surface area contributed by atoms with Crippen LogP contribution in [0, 0.1) is 5.92 Å². The Morgan fingerprint density at radius 3 is 2.57 bits per heavy atom. The lowest BCUT2D eigenvalue weighted by Gasteiger charge is -2.20. The molecule has 0 radical (unpaired) electrons. The topological polar surface area (TPSA) is 55.4 Å². The van der Waals surface area contributed by atoms with Crippen LogP contribution >= 0.6 is 23.2 Å². The van der Waals surface area contributed by atoms with E-state index in [1.807, 2.05) is 0 Å². The molecule has 1 fully saturated rings. The number of benzene rings is 1.